The molecule has 0 aliphatic carbocycles. The molecule has 0 bridgehead atoms. The van der Waals surface area contributed by atoms with Crippen molar-refractivity contribution < 1.29 is 4.79 Å². The van der Waals surface area contributed by atoms with Crippen LogP contribution in [-0.2, 0) is 0 Å². The maximum atomic E-state index is 11.5. The Balaban J connectivity index is 2.63. The van der Waals surface area contributed by atoms with Gasteiger partial charge in [0.05, 0.1) is 5.02 Å². The minimum Gasteiger partial charge on any atom is -0.294 e. The van der Waals surface area contributed by atoms with E-state index in [0.717, 1.165) is 0 Å². The molecule has 1 heterocycles. The highest BCUT2D eigenvalue weighted by atomic mass is 35.5. The second kappa shape index (κ2) is 5.41. The number of carbonyl (C=O) groups excluding carboxylic acids is 1. The van der Waals surface area contributed by atoms with Crippen molar-refractivity contribution in [1.29, 1.82) is 0 Å². The smallest absolute Gasteiger partial charge is 0.165 e. The lowest BCUT2D eigenvalue weighted by atomic mass is 10.1. The molecule has 1 rings (SSSR count). The number of nitrogens with zero attached hydrogens (tertiary/aromatic N) is 1. The first-order chi connectivity index (χ1) is 6.74. The standard InChI is InChI=1S/C11H10ClNO/c1-2-3-4-5-11(14)9-6-10(12)8-13-7-9/h6-8H,4-5H2,1H3. The molecular weight excluding hydrogens is 198 g/mol. The fraction of sp³-hybridized carbons (Fsp3) is 0.273. The summed E-state index contributed by atoms with van der Waals surface area (Å²) in [7, 11) is 0. The van der Waals surface area contributed by atoms with Gasteiger partial charge in [-0.3, -0.25) is 9.78 Å². The Morgan fingerprint density at radius 1 is 1.57 bits per heavy atom. The van der Waals surface area contributed by atoms with Crippen molar-refractivity contribution in [1.82, 2.24) is 4.98 Å². The van der Waals surface area contributed by atoms with Gasteiger partial charge in [-0.1, -0.05) is 11.6 Å². The van der Waals surface area contributed by atoms with Gasteiger partial charge in [-0.25, -0.2) is 0 Å². The van der Waals surface area contributed by atoms with Gasteiger partial charge in [0.1, 0.15) is 0 Å². The fourth-order valence-electron chi connectivity index (χ4n) is 1.01. The van der Waals surface area contributed by atoms with E-state index in [9.17, 15) is 4.79 Å². The topological polar surface area (TPSA) is 30.0 Å². The number of hydrogen-bond donors (Lipinski definition) is 0. The summed E-state index contributed by atoms with van der Waals surface area (Å²) in [6, 6.07) is 1.62. The van der Waals surface area contributed by atoms with E-state index in [-0.39, 0.29) is 5.78 Å². The van der Waals surface area contributed by atoms with Crippen LogP contribution in [0.3, 0.4) is 0 Å². The zero-order valence-electron chi connectivity index (χ0n) is 7.88. The molecule has 3 heteroatoms. The highest BCUT2D eigenvalue weighted by molar-refractivity contribution is 6.30. The minimum absolute atomic E-state index is 0.0303. The summed E-state index contributed by atoms with van der Waals surface area (Å²) in [4.78, 5) is 15.4. The Morgan fingerprint density at radius 3 is 3.00 bits per heavy atom. The highest BCUT2D eigenvalue weighted by Crippen LogP contribution is 2.10. The number of aromatic nitrogens is 1. The van der Waals surface area contributed by atoms with Crippen molar-refractivity contribution in [2.75, 3.05) is 0 Å². The first-order valence-corrected chi connectivity index (χ1v) is 4.65. The van der Waals surface area contributed by atoms with Crippen LogP contribution in [0.2, 0.25) is 5.02 Å². The van der Waals surface area contributed by atoms with Crippen LogP contribution in [0.4, 0.5) is 0 Å². The van der Waals surface area contributed by atoms with E-state index in [2.05, 4.69) is 16.8 Å². The lowest BCUT2D eigenvalue weighted by Crippen LogP contribution is -1.98. The molecule has 0 amide bonds. The molecule has 1 aromatic rings. The van der Waals surface area contributed by atoms with Crippen molar-refractivity contribution in [3.63, 3.8) is 0 Å². The van der Waals surface area contributed by atoms with Gasteiger partial charge in [-0.2, -0.15) is 0 Å². The first kappa shape index (κ1) is 10.7. The van der Waals surface area contributed by atoms with Crippen LogP contribution in [0.25, 0.3) is 0 Å². The molecule has 2 nitrogen and oxygen atoms in total. The number of carbonyl (C=O) groups is 1. The van der Waals surface area contributed by atoms with Gasteiger partial charge in [-0.05, 0) is 13.0 Å². The van der Waals surface area contributed by atoms with E-state index in [4.69, 9.17) is 11.6 Å². The van der Waals surface area contributed by atoms with E-state index in [1.807, 2.05) is 0 Å². The molecular formula is C11H10ClNO. The molecule has 0 unspecified atom stereocenters. The van der Waals surface area contributed by atoms with Crippen LogP contribution in [0.1, 0.15) is 30.1 Å². The van der Waals surface area contributed by atoms with E-state index < -0.39 is 0 Å². The fourth-order valence-corrected chi connectivity index (χ4v) is 1.18. The Kier molecular flexibility index (Phi) is 4.15. The summed E-state index contributed by atoms with van der Waals surface area (Å²) in [5.41, 5.74) is 0.551. The summed E-state index contributed by atoms with van der Waals surface area (Å²) < 4.78 is 0. The number of pyridine rings is 1. The third-order valence-electron chi connectivity index (χ3n) is 1.68. The lowest BCUT2D eigenvalue weighted by molar-refractivity contribution is 0.0984. The Hall–Kier alpha value is -1.33. The van der Waals surface area contributed by atoms with Crippen LogP contribution in [-0.4, -0.2) is 10.8 Å². The summed E-state index contributed by atoms with van der Waals surface area (Å²) in [6.07, 6.45) is 4.03. The summed E-state index contributed by atoms with van der Waals surface area (Å²) >= 11 is 5.71. The largest absolute Gasteiger partial charge is 0.294 e. The monoisotopic (exact) mass is 207 g/mol. The molecule has 14 heavy (non-hydrogen) atoms. The molecule has 0 N–H and O–H groups in total. The molecule has 1 aromatic heterocycles. The van der Waals surface area contributed by atoms with Crippen LogP contribution >= 0.6 is 11.6 Å². The molecule has 0 fully saturated rings. The van der Waals surface area contributed by atoms with E-state index in [1.54, 1.807) is 13.0 Å². The van der Waals surface area contributed by atoms with E-state index in [1.165, 1.54) is 12.4 Å². The minimum atomic E-state index is 0.0303. The predicted octanol–water partition coefficient (Wildman–Crippen LogP) is 2.72. The molecule has 0 saturated heterocycles. The zero-order chi connectivity index (χ0) is 10.4. The number of hydrogen-bond acceptors (Lipinski definition) is 2. The van der Waals surface area contributed by atoms with Crippen molar-refractivity contribution >= 4 is 17.4 Å². The zero-order valence-corrected chi connectivity index (χ0v) is 8.64. The van der Waals surface area contributed by atoms with Crippen LogP contribution < -0.4 is 0 Å². The van der Waals surface area contributed by atoms with Crippen molar-refractivity contribution in [3.05, 3.63) is 29.0 Å². The third kappa shape index (κ3) is 3.20. The average molecular weight is 208 g/mol. The number of halogens is 1. The highest BCUT2D eigenvalue weighted by Gasteiger charge is 2.05. The van der Waals surface area contributed by atoms with Gasteiger partial charge in [0.2, 0.25) is 0 Å². The molecule has 0 aliphatic heterocycles. The molecule has 0 aliphatic rings. The first-order valence-electron chi connectivity index (χ1n) is 4.27. The van der Waals surface area contributed by atoms with Crippen molar-refractivity contribution in [3.8, 4) is 11.8 Å². The van der Waals surface area contributed by atoms with Crippen LogP contribution in [0.15, 0.2) is 18.5 Å². The number of Topliss-reactive ketones (excluding diaryl/α,β-unsaturated/α-hetero) is 1. The Morgan fingerprint density at radius 2 is 2.36 bits per heavy atom. The SMILES string of the molecule is CC#CCCC(=O)c1cncc(Cl)c1. The Labute approximate surface area is 88.3 Å². The van der Waals surface area contributed by atoms with Gasteiger partial charge in [0, 0.05) is 30.8 Å². The molecule has 0 spiro atoms. The summed E-state index contributed by atoms with van der Waals surface area (Å²) in [6.45, 7) is 1.76. The normalized spacial score (nSPS) is 9.00. The molecule has 0 saturated carbocycles. The van der Waals surface area contributed by atoms with E-state index >= 15 is 0 Å². The van der Waals surface area contributed by atoms with Crippen LogP contribution in [0.5, 0.6) is 0 Å². The summed E-state index contributed by atoms with van der Waals surface area (Å²) in [5.74, 6) is 5.61. The van der Waals surface area contributed by atoms with Gasteiger partial charge in [0.15, 0.2) is 5.78 Å². The molecule has 0 aromatic carbocycles. The van der Waals surface area contributed by atoms with Gasteiger partial charge >= 0.3 is 0 Å². The quantitative estimate of drug-likeness (QED) is 0.564. The molecule has 72 valence electrons. The van der Waals surface area contributed by atoms with Gasteiger partial charge < -0.3 is 0 Å². The third-order valence-corrected chi connectivity index (χ3v) is 1.89. The molecule has 0 atom stereocenters. The lowest BCUT2D eigenvalue weighted by Gasteiger charge is -1.97. The maximum Gasteiger partial charge on any atom is 0.165 e. The summed E-state index contributed by atoms with van der Waals surface area (Å²) in [5, 5.41) is 0.484. The van der Waals surface area contributed by atoms with E-state index in [0.29, 0.717) is 23.4 Å². The van der Waals surface area contributed by atoms with Crippen molar-refractivity contribution in [2.24, 2.45) is 0 Å². The van der Waals surface area contributed by atoms with Gasteiger partial charge in [0.25, 0.3) is 0 Å². The average Bonchev–Trinajstić information content (AvgIpc) is 2.18. The number of ketones is 1. The van der Waals surface area contributed by atoms with Gasteiger partial charge in [-0.15, -0.1) is 11.8 Å². The second-order valence-corrected chi connectivity index (χ2v) is 3.18. The van der Waals surface area contributed by atoms with Crippen molar-refractivity contribution in [2.45, 2.75) is 19.8 Å². The maximum absolute atomic E-state index is 11.5. The predicted molar refractivity (Wildman–Crippen MR) is 56.3 cm³/mol. The molecule has 0 radical (unpaired) electrons. The Bertz CT molecular complexity index is 390. The second-order valence-electron chi connectivity index (χ2n) is 2.74. The van der Waals surface area contributed by atoms with Crippen LogP contribution in [0, 0.1) is 11.8 Å². The number of rotatable bonds is 3.